The maximum atomic E-state index is 12.9. The van der Waals surface area contributed by atoms with E-state index in [-0.39, 0.29) is 5.91 Å². The van der Waals surface area contributed by atoms with Crippen LogP contribution in [0, 0.1) is 6.92 Å². The molecule has 7 nitrogen and oxygen atoms in total. The predicted octanol–water partition coefficient (Wildman–Crippen LogP) is 4.51. The molecule has 0 N–H and O–H groups in total. The third-order valence-electron chi connectivity index (χ3n) is 5.56. The maximum absolute atomic E-state index is 12.9. The normalized spacial score (nSPS) is 15.0. The lowest BCUT2D eigenvalue weighted by molar-refractivity contribution is 0.0587. The molecular formula is C23H21BrN4O3. The topological polar surface area (TPSA) is 75.6 Å². The second kappa shape index (κ2) is 8.28. The van der Waals surface area contributed by atoms with Crippen LogP contribution in [0.3, 0.4) is 0 Å². The van der Waals surface area contributed by atoms with E-state index >= 15 is 0 Å². The Morgan fingerprint density at radius 2 is 1.90 bits per heavy atom. The van der Waals surface area contributed by atoms with Gasteiger partial charge in [-0.3, -0.25) is 9.69 Å². The van der Waals surface area contributed by atoms with Crippen molar-refractivity contribution in [2.24, 2.45) is 0 Å². The highest BCUT2D eigenvalue weighted by Gasteiger charge is 2.25. The van der Waals surface area contributed by atoms with Gasteiger partial charge >= 0.3 is 0 Å². The number of hydrogen-bond donors (Lipinski definition) is 0. The molecule has 0 bridgehead atoms. The summed E-state index contributed by atoms with van der Waals surface area (Å²) in [4.78, 5) is 21.5. The standard InChI is InChI=1S/C23H21BrN4O3/c1-15-4-2-3-5-18(15)22-25-21(31-26-22)14-27-8-10-28(11-9-27)23(29)20-13-16-12-17(24)6-7-19(16)30-20/h2-7,12-13H,8-11,14H2,1H3. The Morgan fingerprint density at radius 1 is 1.10 bits per heavy atom. The van der Waals surface area contributed by atoms with Crippen molar-refractivity contribution in [3.63, 3.8) is 0 Å². The first kappa shape index (κ1) is 20.0. The van der Waals surface area contributed by atoms with Gasteiger partial charge in [-0.2, -0.15) is 4.98 Å². The number of rotatable bonds is 4. The molecule has 1 saturated heterocycles. The van der Waals surface area contributed by atoms with Crippen LogP contribution >= 0.6 is 15.9 Å². The molecule has 158 valence electrons. The Kier molecular flexibility index (Phi) is 5.33. The summed E-state index contributed by atoms with van der Waals surface area (Å²) in [6.07, 6.45) is 0. The molecule has 1 aliphatic rings. The fourth-order valence-electron chi connectivity index (χ4n) is 3.83. The van der Waals surface area contributed by atoms with Gasteiger partial charge in [0, 0.05) is 41.6 Å². The molecule has 1 amide bonds. The minimum absolute atomic E-state index is 0.0772. The molecule has 1 aliphatic heterocycles. The average molecular weight is 481 g/mol. The Hall–Kier alpha value is -2.97. The molecule has 3 heterocycles. The zero-order chi connectivity index (χ0) is 21.4. The van der Waals surface area contributed by atoms with Gasteiger partial charge in [0.15, 0.2) is 5.76 Å². The molecular weight excluding hydrogens is 460 g/mol. The van der Waals surface area contributed by atoms with E-state index < -0.39 is 0 Å². The third kappa shape index (κ3) is 4.13. The van der Waals surface area contributed by atoms with Gasteiger partial charge in [-0.05, 0) is 36.8 Å². The van der Waals surface area contributed by atoms with Crippen molar-refractivity contribution in [1.82, 2.24) is 19.9 Å². The molecule has 0 spiro atoms. The van der Waals surface area contributed by atoms with Crippen LogP contribution in [-0.4, -0.2) is 52.0 Å². The van der Waals surface area contributed by atoms with E-state index in [2.05, 4.69) is 31.0 Å². The van der Waals surface area contributed by atoms with Crippen molar-refractivity contribution in [3.05, 3.63) is 70.2 Å². The second-order valence-electron chi connectivity index (χ2n) is 7.69. The number of nitrogens with zero attached hydrogens (tertiary/aromatic N) is 4. The van der Waals surface area contributed by atoms with E-state index in [1.54, 1.807) is 6.07 Å². The van der Waals surface area contributed by atoms with Crippen molar-refractivity contribution in [3.8, 4) is 11.4 Å². The number of aromatic nitrogens is 2. The molecule has 8 heteroatoms. The molecule has 0 unspecified atom stereocenters. The van der Waals surface area contributed by atoms with Crippen LogP contribution < -0.4 is 0 Å². The van der Waals surface area contributed by atoms with Crippen molar-refractivity contribution in [1.29, 1.82) is 0 Å². The highest BCUT2D eigenvalue weighted by Crippen LogP contribution is 2.25. The summed E-state index contributed by atoms with van der Waals surface area (Å²) >= 11 is 3.45. The third-order valence-corrected chi connectivity index (χ3v) is 6.05. The van der Waals surface area contributed by atoms with E-state index in [0.717, 1.165) is 34.1 Å². The van der Waals surface area contributed by atoms with Crippen molar-refractivity contribution in [2.75, 3.05) is 26.2 Å². The van der Waals surface area contributed by atoms with Crippen LogP contribution in [0.1, 0.15) is 22.0 Å². The zero-order valence-electron chi connectivity index (χ0n) is 17.0. The predicted molar refractivity (Wildman–Crippen MR) is 120 cm³/mol. The molecule has 0 saturated carbocycles. The highest BCUT2D eigenvalue weighted by atomic mass is 79.9. The SMILES string of the molecule is Cc1ccccc1-c1noc(CN2CCN(C(=O)c3cc4cc(Br)ccc4o3)CC2)n1. The average Bonchev–Trinajstić information content (AvgIpc) is 3.41. The van der Waals surface area contributed by atoms with Gasteiger partial charge in [0.1, 0.15) is 5.58 Å². The molecule has 0 atom stereocenters. The number of benzene rings is 2. The van der Waals surface area contributed by atoms with E-state index in [9.17, 15) is 4.79 Å². The van der Waals surface area contributed by atoms with Gasteiger partial charge in [-0.15, -0.1) is 0 Å². The Bertz CT molecular complexity index is 1240. The molecule has 1 fully saturated rings. The smallest absolute Gasteiger partial charge is 0.289 e. The van der Waals surface area contributed by atoms with Crippen molar-refractivity contribution < 1.29 is 13.7 Å². The highest BCUT2D eigenvalue weighted by molar-refractivity contribution is 9.10. The van der Waals surface area contributed by atoms with Crippen LogP contribution in [0.4, 0.5) is 0 Å². The van der Waals surface area contributed by atoms with Gasteiger partial charge < -0.3 is 13.8 Å². The largest absolute Gasteiger partial charge is 0.451 e. The van der Waals surface area contributed by atoms with Gasteiger partial charge in [0.05, 0.1) is 6.54 Å². The Labute approximate surface area is 187 Å². The Balaban J connectivity index is 1.20. The molecule has 0 radical (unpaired) electrons. The summed E-state index contributed by atoms with van der Waals surface area (Å²) in [5.74, 6) is 1.49. The number of carbonyl (C=O) groups is 1. The lowest BCUT2D eigenvalue weighted by atomic mass is 10.1. The summed E-state index contributed by atoms with van der Waals surface area (Å²) in [7, 11) is 0. The van der Waals surface area contributed by atoms with Crippen molar-refractivity contribution in [2.45, 2.75) is 13.5 Å². The first-order chi connectivity index (χ1) is 15.1. The van der Waals surface area contributed by atoms with E-state index in [0.29, 0.717) is 42.7 Å². The second-order valence-corrected chi connectivity index (χ2v) is 8.60. The number of piperazine rings is 1. The first-order valence-electron chi connectivity index (χ1n) is 10.2. The van der Waals surface area contributed by atoms with Gasteiger partial charge in [0.25, 0.3) is 5.91 Å². The summed E-state index contributed by atoms with van der Waals surface area (Å²) < 4.78 is 12.2. The molecule has 4 aromatic rings. The van der Waals surface area contributed by atoms with E-state index in [1.807, 2.05) is 54.3 Å². The maximum Gasteiger partial charge on any atom is 0.289 e. The first-order valence-corrected chi connectivity index (χ1v) is 11.0. The number of furan rings is 1. The number of halogens is 1. The number of hydrogen-bond acceptors (Lipinski definition) is 6. The van der Waals surface area contributed by atoms with Gasteiger partial charge in [-0.25, -0.2) is 0 Å². The quantitative estimate of drug-likeness (QED) is 0.427. The monoisotopic (exact) mass is 480 g/mol. The fraction of sp³-hybridized carbons (Fsp3) is 0.261. The molecule has 2 aromatic heterocycles. The van der Waals surface area contributed by atoms with Crippen LogP contribution in [0.15, 0.2) is 61.9 Å². The summed E-state index contributed by atoms with van der Waals surface area (Å²) in [5, 5.41) is 5.04. The number of amides is 1. The minimum atomic E-state index is -0.0772. The Morgan fingerprint density at radius 3 is 2.71 bits per heavy atom. The van der Waals surface area contributed by atoms with Crippen LogP contribution in [0.2, 0.25) is 0 Å². The lowest BCUT2D eigenvalue weighted by Gasteiger charge is -2.33. The number of fused-ring (bicyclic) bond motifs is 1. The molecule has 5 rings (SSSR count). The van der Waals surface area contributed by atoms with Gasteiger partial charge in [0.2, 0.25) is 11.7 Å². The summed E-state index contributed by atoms with van der Waals surface area (Å²) in [6, 6.07) is 15.5. The minimum Gasteiger partial charge on any atom is -0.451 e. The fourth-order valence-corrected chi connectivity index (χ4v) is 4.21. The van der Waals surface area contributed by atoms with Crippen LogP contribution in [-0.2, 0) is 6.54 Å². The number of aryl methyl sites for hydroxylation is 1. The summed E-state index contributed by atoms with van der Waals surface area (Å²) in [6.45, 7) is 5.32. The van der Waals surface area contributed by atoms with Crippen LogP contribution in [0.25, 0.3) is 22.4 Å². The molecule has 2 aromatic carbocycles. The lowest BCUT2D eigenvalue weighted by Crippen LogP contribution is -2.48. The van der Waals surface area contributed by atoms with E-state index in [4.69, 9.17) is 8.94 Å². The van der Waals surface area contributed by atoms with Crippen LogP contribution in [0.5, 0.6) is 0 Å². The number of carbonyl (C=O) groups excluding carboxylic acids is 1. The zero-order valence-corrected chi connectivity index (χ0v) is 18.6. The van der Waals surface area contributed by atoms with Gasteiger partial charge in [-0.1, -0.05) is 45.4 Å². The van der Waals surface area contributed by atoms with Crippen molar-refractivity contribution >= 4 is 32.8 Å². The van der Waals surface area contributed by atoms with E-state index in [1.165, 1.54) is 0 Å². The molecule has 0 aliphatic carbocycles. The molecule has 31 heavy (non-hydrogen) atoms. The summed E-state index contributed by atoms with van der Waals surface area (Å²) in [5.41, 5.74) is 2.80.